The zero-order valence-electron chi connectivity index (χ0n) is 12.2. The van der Waals surface area contributed by atoms with Crippen molar-refractivity contribution in [3.63, 3.8) is 0 Å². The summed E-state index contributed by atoms with van der Waals surface area (Å²) in [5.74, 6) is 0. The zero-order valence-corrected chi connectivity index (χ0v) is 12.2. The van der Waals surface area contributed by atoms with E-state index >= 15 is 0 Å². The van der Waals surface area contributed by atoms with Crippen molar-refractivity contribution >= 4 is 32.3 Å². The van der Waals surface area contributed by atoms with Crippen LogP contribution in [0.25, 0.3) is 32.3 Å². The molecule has 112 valence electrons. The van der Waals surface area contributed by atoms with E-state index in [1.54, 1.807) is 0 Å². The molecule has 2 aliphatic rings. The molecule has 1 heterocycles. The van der Waals surface area contributed by atoms with Crippen LogP contribution in [0.3, 0.4) is 0 Å². The lowest BCUT2D eigenvalue weighted by atomic mass is 9.81. The average molecular weight is 302 g/mol. The molecule has 4 atom stereocenters. The molecule has 1 fully saturated rings. The molecular weight excluding hydrogens is 288 g/mol. The molecule has 0 saturated carbocycles. The monoisotopic (exact) mass is 302 g/mol. The van der Waals surface area contributed by atoms with E-state index in [1.165, 1.54) is 21.5 Å². The summed E-state index contributed by atoms with van der Waals surface area (Å²) in [7, 11) is 0. The minimum atomic E-state index is -0.879. The molecule has 3 heteroatoms. The molecule has 0 radical (unpaired) electrons. The highest BCUT2D eigenvalue weighted by atomic mass is 16.6. The third-order valence-corrected chi connectivity index (χ3v) is 5.51. The first kappa shape index (κ1) is 12.3. The van der Waals surface area contributed by atoms with Gasteiger partial charge >= 0.3 is 0 Å². The fourth-order valence-corrected chi connectivity index (χ4v) is 4.40. The molecule has 2 unspecified atom stereocenters. The SMILES string of the molecule is OC1c2cc3ccc4cccc5ccc(c2C2O[C@H]2[C@@H]1O)c3c45. The van der Waals surface area contributed by atoms with Gasteiger partial charge in [-0.2, -0.15) is 0 Å². The van der Waals surface area contributed by atoms with E-state index in [0.29, 0.717) is 0 Å². The highest BCUT2D eigenvalue weighted by Crippen LogP contribution is 2.54. The Kier molecular flexibility index (Phi) is 2.03. The van der Waals surface area contributed by atoms with Crippen LogP contribution in [-0.4, -0.2) is 22.4 Å². The zero-order chi connectivity index (χ0) is 15.3. The maximum Gasteiger partial charge on any atom is 0.118 e. The number of rotatable bonds is 0. The van der Waals surface area contributed by atoms with Gasteiger partial charge in [-0.3, -0.25) is 0 Å². The van der Waals surface area contributed by atoms with Crippen molar-refractivity contribution in [3.8, 4) is 0 Å². The van der Waals surface area contributed by atoms with Crippen LogP contribution in [-0.2, 0) is 4.74 Å². The third-order valence-electron chi connectivity index (χ3n) is 5.51. The number of epoxide rings is 1. The predicted octanol–water partition coefficient (Wildman–Crippen LogP) is 3.43. The Balaban J connectivity index is 1.86. The quantitative estimate of drug-likeness (QED) is 0.386. The van der Waals surface area contributed by atoms with Crippen molar-refractivity contribution in [1.82, 2.24) is 0 Å². The van der Waals surface area contributed by atoms with Crippen molar-refractivity contribution in [3.05, 3.63) is 59.7 Å². The van der Waals surface area contributed by atoms with Gasteiger partial charge < -0.3 is 14.9 Å². The standard InChI is InChI=1S/C20H14O3/c21-17-13-8-11-5-4-9-2-1-3-10-6-7-12(15(11)14(9)10)16(13)19-20(23-19)18(17)22/h1-8,17-22H/t17?,18-,19?,20+/m1/s1. The second kappa shape index (κ2) is 3.82. The molecular formula is C20H14O3. The van der Waals surface area contributed by atoms with Gasteiger partial charge in [-0.25, -0.2) is 0 Å². The summed E-state index contributed by atoms with van der Waals surface area (Å²) < 4.78 is 5.67. The van der Waals surface area contributed by atoms with E-state index in [9.17, 15) is 10.2 Å². The van der Waals surface area contributed by atoms with Crippen LogP contribution in [0.4, 0.5) is 0 Å². The highest BCUT2D eigenvalue weighted by Gasteiger charge is 2.54. The molecule has 1 saturated heterocycles. The minimum absolute atomic E-state index is 0.0898. The van der Waals surface area contributed by atoms with Crippen LogP contribution in [0.1, 0.15) is 23.3 Å². The van der Waals surface area contributed by atoms with Crippen molar-refractivity contribution in [2.24, 2.45) is 0 Å². The van der Waals surface area contributed by atoms with E-state index < -0.39 is 12.2 Å². The van der Waals surface area contributed by atoms with Gasteiger partial charge in [0.1, 0.15) is 24.4 Å². The topological polar surface area (TPSA) is 53.0 Å². The largest absolute Gasteiger partial charge is 0.387 e. The summed E-state index contributed by atoms with van der Waals surface area (Å²) in [6.07, 6.45) is -2.07. The Hall–Kier alpha value is -2.20. The summed E-state index contributed by atoms with van der Waals surface area (Å²) in [6, 6.07) is 16.9. The van der Waals surface area contributed by atoms with E-state index in [4.69, 9.17) is 4.74 Å². The van der Waals surface area contributed by atoms with Crippen LogP contribution in [0.2, 0.25) is 0 Å². The lowest BCUT2D eigenvalue weighted by molar-refractivity contribution is 0.000163. The van der Waals surface area contributed by atoms with Gasteiger partial charge in [-0.05, 0) is 49.5 Å². The van der Waals surface area contributed by atoms with Gasteiger partial charge in [0.2, 0.25) is 0 Å². The first-order valence-electron chi connectivity index (χ1n) is 7.96. The predicted molar refractivity (Wildman–Crippen MR) is 88.7 cm³/mol. The fourth-order valence-electron chi connectivity index (χ4n) is 4.40. The van der Waals surface area contributed by atoms with E-state index in [1.807, 2.05) is 6.07 Å². The fraction of sp³-hybridized carbons (Fsp3) is 0.200. The van der Waals surface area contributed by atoms with Crippen LogP contribution in [0, 0.1) is 0 Å². The van der Waals surface area contributed by atoms with Crippen molar-refractivity contribution in [1.29, 1.82) is 0 Å². The maximum absolute atomic E-state index is 10.5. The summed E-state index contributed by atoms with van der Waals surface area (Å²) in [6.45, 7) is 0. The molecule has 1 aliphatic carbocycles. The summed E-state index contributed by atoms with van der Waals surface area (Å²) >= 11 is 0. The number of aliphatic hydroxyl groups is 2. The van der Waals surface area contributed by atoms with Crippen LogP contribution < -0.4 is 0 Å². The van der Waals surface area contributed by atoms with E-state index in [2.05, 4.69) is 42.5 Å². The molecule has 6 rings (SSSR count). The molecule has 4 aromatic rings. The second-order valence-electron chi connectivity index (χ2n) is 6.69. The third kappa shape index (κ3) is 1.36. The molecule has 0 amide bonds. The van der Waals surface area contributed by atoms with Gasteiger partial charge in [0, 0.05) is 0 Å². The molecule has 1 aliphatic heterocycles. The molecule has 3 nitrogen and oxygen atoms in total. The Labute approximate surface area is 132 Å². The second-order valence-corrected chi connectivity index (χ2v) is 6.69. The lowest BCUT2D eigenvalue weighted by Gasteiger charge is -2.25. The van der Waals surface area contributed by atoms with Gasteiger partial charge in [0.25, 0.3) is 0 Å². The highest BCUT2D eigenvalue weighted by molar-refractivity contribution is 6.23. The number of benzene rings is 4. The van der Waals surface area contributed by atoms with Gasteiger partial charge in [-0.1, -0.05) is 42.5 Å². The summed E-state index contributed by atoms with van der Waals surface area (Å²) in [5, 5.41) is 27.8. The summed E-state index contributed by atoms with van der Waals surface area (Å²) in [5.41, 5.74) is 1.86. The van der Waals surface area contributed by atoms with Crippen molar-refractivity contribution in [2.45, 2.75) is 24.4 Å². The Morgan fingerprint density at radius 1 is 0.826 bits per heavy atom. The first-order valence-corrected chi connectivity index (χ1v) is 7.96. The number of aliphatic hydroxyl groups excluding tert-OH is 2. The Morgan fingerprint density at radius 2 is 1.57 bits per heavy atom. The average Bonchev–Trinajstić information content (AvgIpc) is 3.37. The van der Waals surface area contributed by atoms with E-state index in [-0.39, 0.29) is 12.2 Å². The number of ether oxygens (including phenoxy) is 1. The van der Waals surface area contributed by atoms with Crippen LogP contribution in [0.5, 0.6) is 0 Å². The molecule has 4 aromatic carbocycles. The minimum Gasteiger partial charge on any atom is -0.387 e. The lowest BCUT2D eigenvalue weighted by Crippen LogP contribution is -2.29. The van der Waals surface area contributed by atoms with Crippen molar-refractivity contribution in [2.75, 3.05) is 0 Å². The first-order chi connectivity index (χ1) is 11.2. The Morgan fingerprint density at radius 3 is 2.39 bits per heavy atom. The van der Waals surface area contributed by atoms with Gasteiger partial charge in [0.05, 0.1) is 0 Å². The van der Waals surface area contributed by atoms with Gasteiger partial charge in [0.15, 0.2) is 0 Å². The molecule has 23 heavy (non-hydrogen) atoms. The molecule has 0 aromatic heterocycles. The summed E-state index contributed by atoms with van der Waals surface area (Å²) in [4.78, 5) is 0. The molecule has 2 N–H and O–H groups in total. The van der Waals surface area contributed by atoms with Gasteiger partial charge in [-0.15, -0.1) is 0 Å². The maximum atomic E-state index is 10.5. The normalized spacial score (nSPS) is 29.1. The molecule has 0 bridgehead atoms. The van der Waals surface area contributed by atoms with E-state index in [0.717, 1.165) is 21.9 Å². The number of hydrogen-bond donors (Lipinski definition) is 2. The van der Waals surface area contributed by atoms with Crippen LogP contribution in [0.15, 0.2) is 48.5 Å². The molecule has 0 spiro atoms. The van der Waals surface area contributed by atoms with Crippen molar-refractivity contribution < 1.29 is 14.9 Å². The smallest absolute Gasteiger partial charge is 0.118 e. The number of fused-ring (bicyclic) bond motifs is 4. The Bertz CT molecular complexity index is 1080. The number of hydrogen-bond acceptors (Lipinski definition) is 3. The van der Waals surface area contributed by atoms with Crippen LogP contribution >= 0.6 is 0 Å².